The highest BCUT2D eigenvalue weighted by molar-refractivity contribution is 6.32. The molecule has 3 atom stereocenters. The number of para-hydroxylation sites is 1. The van der Waals surface area contributed by atoms with E-state index in [2.05, 4.69) is 20.6 Å². The summed E-state index contributed by atoms with van der Waals surface area (Å²) in [6, 6.07) is 7.49. The van der Waals surface area contributed by atoms with Gasteiger partial charge in [-0.1, -0.05) is 17.7 Å². The fraction of sp³-hybridized carbons (Fsp3) is 0.407. The number of carbonyl (C=O) groups excluding carboxylic acids is 1. The molecular formula is C27H29ClN4O5. The highest BCUT2D eigenvalue weighted by Crippen LogP contribution is 2.51. The van der Waals surface area contributed by atoms with E-state index in [9.17, 15) is 4.79 Å². The molecule has 2 fully saturated rings. The van der Waals surface area contributed by atoms with Gasteiger partial charge >= 0.3 is 0 Å². The van der Waals surface area contributed by atoms with Gasteiger partial charge in [-0.2, -0.15) is 0 Å². The fourth-order valence-corrected chi connectivity index (χ4v) is 5.18. The third kappa shape index (κ3) is 4.52. The molecule has 9 nitrogen and oxygen atoms in total. The van der Waals surface area contributed by atoms with Crippen LogP contribution in [0.5, 0.6) is 11.5 Å². The van der Waals surface area contributed by atoms with Crippen LogP contribution in [0.2, 0.25) is 5.02 Å². The van der Waals surface area contributed by atoms with Crippen LogP contribution in [0.15, 0.2) is 36.7 Å². The van der Waals surface area contributed by atoms with Gasteiger partial charge in [0.1, 0.15) is 18.5 Å². The number of aromatic amines is 1. The van der Waals surface area contributed by atoms with E-state index in [0.717, 1.165) is 23.4 Å². The molecule has 3 N–H and O–H groups in total. The van der Waals surface area contributed by atoms with Gasteiger partial charge < -0.3 is 34.6 Å². The minimum absolute atomic E-state index is 0.119. The lowest BCUT2D eigenvalue weighted by Gasteiger charge is -2.34. The number of nitrogens with zero attached hydrogens (tertiary/aromatic N) is 1. The normalized spacial score (nSPS) is 23.5. The summed E-state index contributed by atoms with van der Waals surface area (Å²) in [7, 11) is 1.56. The number of hydrogen-bond donors (Lipinski definition) is 3. The number of fused-ring (bicyclic) bond motifs is 3. The Balaban J connectivity index is 1.37. The minimum atomic E-state index is -0.303. The number of anilines is 2. The van der Waals surface area contributed by atoms with Gasteiger partial charge in [0, 0.05) is 29.4 Å². The van der Waals surface area contributed by atoms with Crippen molar-refractivity contribution in [1.82, 2.24) is 15.3 Å². The molecule has 6 rings (SSSR count). The molecule has 1 saturated carbocycles. The van der Waals surface area contributed by atoms with Crippen molar-refractivity contribution in [1.29, 1.82) is 0 Å². The van der Waals surface area contributed by atoms with Crippen molar-refractivity contribution in [2.45, 2.75) is 43.9 Å². The first-order valence-electron chi connectivity index (χ1n) is 12.3. The Morgan fingerprint density at radius 2 is 2.16 bits per heavy atom. The van der Waals surface area contributed by atoms with Crippen LogP contribution in [-0.4, -0.2) is 60.6 Å². The van der Waals surface area contributed by atoms with E-state index in [-0.39, 0.29) is 29.6 Å². The smallest absolute Gasteiger partial charge is 0.255 e. The highest BCUT2D eigenvalue weighted by Gasteiger charge is 2.48. The first kappa shape index (κ1) is 24.1. The van der Waals surface area contributed by atoms with E-state index in [4.69, 9.17) is 30.5 Å². The van der Waals surface area contributed by atoms with Crippen molar-refractivity contribution in [2.75, 3.05) is 32.2 Å². The molecule has 1 aromatic carbocycles. The number of carbonyl (C=O) groups is 1. The maximum absolute atomic E-state index is 13.2. The number of nitrogens with one attached hydrogen (secondary N) is 3. The largest absolute Gasteiger partial charge is 0.493 e. The summed E-state index contributed by atoms with van der Waals surface area (Å²) in [5, 5.41) is 7.00. The molecule has 3 aromatic rings. The third-order valence-electron chi connectivity index (χ3n) is 6.97. The summed E-state index contributed by atoms with van der Waals surface area (Å²) in [6.07, 6.45) is 4.10. The van der Waals surface area contributed by atoms with Gasteiger partial charge in [-0.15, -0.1) is 0 Å². The predicted molar refractivity (Wildman–Crippen MR) is 139 cm³/mol. The van der Waals surface area contributed by atoms with E-state index in [0.29, 0.717) is 53.3 Å². The predicted octanol–water partition coefficient (Wildman–Crippen LogP) is 4.65. The molecule has 0 bridgehead atoms. The molecule has 2 aromatic heterocycles. The van der Waals surface area contributed by atoms with Gasteiger partial charge in [0.15, 0.2) is 5.75 Å². The summed E-state index contributed by atoms with van der Waals surface area (Å²) in [6.45, 7) is 5.26. The molecule has 0 unspecified atom stereocenters. The Morgan fingerprint density at radius 1 is 1.30 bits per heavy atom. The van der Waals surface area contributed by atoms with Gasteiger partial charge in [0.2, 0.25) is 0 Å². The van der Waals surface area contributed by atoms with Gasteiger partial charge in [0.05, 0.1) is 59.8 Å². The van der Waals surface area contributed by atoms with E-state index in [1.54, 1.807) is 25.6 Å². The summed E-state index contributed by atoms with van der Waals surface area (Å²) in [4.78, 5) is 21.0. The number of pyridine rings is 1. The monoisotopic (exact) mass is 524 g/mol. The van der Waals surface area contributed by atoms with Gasteiger partial charge in [-0.25, -0.2) is 0 Å². The van der Waals surface area contributed by atoms with Crippen molar-refractivity contribution in [3.63, 3.8) is 0 Å². The van der Waals surface area contributed by atoms with Crippen LogP contribution in [0.25, 0.3) is 11.3 Å². The molecule has 1 saturated heterocycles. The molecule has 1 amide bonds. The van der Waals surface area contributed by atoms with Crippen LogP contribution in [0.1, 0.15) is 42.2 Å². The van der Waals surface area contributed by atoms with E-state index in [1.165, 1.54) is 0 Å². The number of ether oxygens (including phenoxy) is 4. The maximum atomic E-state index is 13.2. The maximum Gasteiger partial charge on any atom is 0.255 e. The first-order chi connectivity index (χ1) is 17.8. The van der Waals surface area contributed by atoms with Crippen molar-refractivity contribution in [3.05, 3.63) is 52.9 Å². The quantitative estimate of drug-likeness (QED) is 0.413. The summed E-state index contributed by atoms with van der Waals surface area (Å²) < 4.78 is 23.6. The molecule has 3 aliphatic rings. The topological polar surface area (TPSA) is 107 Å². The Bertz CT molecular complexity index is 1350. The molecule has 194 valence electrons. The van der Waals surface area contributed by atoms with Crippen molar-refractivity contribution in [3.8, 4) is 22.8 Å². The SMILES string of the molecule is COc1c(Cl)cccc1Nc1c(-c2ccncc2OC[C@H]2COC(C)(C)CO2)[nH]c2c1C(=O)N[C@H]1C[C@@H]21. The summed E-state index contributed by atoms with van der Waals surface area (Å²) in [5.74, 6) is 1.20. The fourth-order valence-electron chi connectivity index (χ4n) is 4.93. The minimum Gasteiger partial charge on any atom is -0.493 e. The second-order valence-electron chi connectivity index (χ2n) is 10.2. The number of H-pyrrole nitrogens is 1. The number of halogens is 1. The van der Waals surface area contributed by atoms with E-state index >= 15 is 0 Å². The average molecular weight is 525 g/mol. The van der Waals surface area contributed by atoms with Crippen LogP contribution >= 0.6 is 11.6 Å². The lowest BCUT2D eigenvalue weighted by molar-refractivity contribution is -0.181. The number of rotatable bonds is 7. The molecular weight excluding hydrogens is 496 g/mol. The highest BCUT2D eigenvalue weighted by atomic mass is 35.5. The summed E-state index contributed by atoms with van der Waals surface area (Å²) >= 11 is 6.38. The average Bonchev–Trinajstić information content (AvgIpc) is 3.55. The van der Waals surface area contributed by atoms with Gasteiger partial charge in [-0.05, 0) is 38.5 Å². The van der Waals surface area contributed by atoms with Gasteiger partial charge in [-0.3, -0.25) is 9.78 Å². The zero-order valence-electron chi connectivity index (χ0n) is 20.9. The van der Waals surface area contributed by atoms with Crippen LogP contribution < -0.4 is 20.1 Å². The molecule has 2 aliphatic heterocycles. The van der Waals surface area contributed by atoms with E-state index < -0.39 is 0 Å². The van der Waals surface area contributed by atoms with Crippen LogP contribution in [0.3, 0.4) is 0 Å². The molecule has 0 spiro atoms. The van der Waals surface area contributed by atoms with Crippen molar-refractivity contribution >= 4 is 28.9 Å². The Morgan fingerprint density at radius 3 is 2.95 bits per heavy atom. The zero-order valence-corrected chi connectivity index (χ0v) is 21.6. The number of methoxy groups -OCH3 is 1. The summed E-state index contributed by atoms with van der Waals surface area (Å²) in [5.41, 5.74) is 3.99. The Labute approximate surface area is 219 Å². The number of amides is 1. The molecule has 0 radical (unpaired) electrons. The Hall–Kier alpha value is -3.27. The molecule has 37 heavy (non-hydrogen) atoms. The van der Waals surface area contributed by atoms with E-state index in [1.807, 2.05) is 32.0 Å². The third-order valence-corrected chi connectivity index (χ3v) is 7.27. The Kier molecular flexibility index (Phi) is 6.01. The zero-order chi connectivity index (χ0) is 25.7. The number of aromatic nitrogens is 2. The standard InChI is InChI=1S/C27H29ClN4O5/c1-27(2)13-36-14(12-37-27)11-35-20-10-29-8-7-15(20)23-24(30-18-6-4-5-17(28)25(18)34-3)21-22(32-23)16-9-19(16)31-26(21)33/h4-8,10,14,16,19,30,32H,9,11-13H2,1-3H3,(H,31,33)/t14-,16+,19-/m0/s1. The van der Waals surface area contributed by atoms with Crippen molar-refractivity contribution in [2.24, 2.45) is 0 Å². The second-order valence-corrected chi connectivity index (χ2v) is 10.6. The van der Waals surface area contributed by atoms with Crippen LogP contribution in [-0.2, 0) is 9.47 Å². The van der Waals surface area contributed by atoms with Crippen molar-refractivity contribution < 1.29 is 23.7 Å². The number of hydrogen-bond acceptors (Lipinski definition) is 7. The molecule has 10 heteroatoms. The molecule has 1 aliphatic carbocycles. The van der Waals surface area contributed by atoms with Gasteiger partial charge in [0.25, 0.3) is 5.91 Å². The lowest BCUT2D eigenvalue weighted by atomic mass is 10.0. The van der Waals surface area contributed by atoms with Crippen LogP contribution in [0.4, 0.5) is 11.4 Å². The molecule has 4 heterocycles. The second kappa shape index (κ2) is 9.24. The lowest BCUT2D eigenvalue weighted by Crippen LogP contribution is -2.44. The van der Waals surface area contributed by atoms with Crippen LogP contribution in [0, 0.1) is 0 Å². The number of benzene rings is 1. The first-order valence-corrected chi connectivity index (χ1v) is 12.7.